The molecule has 0 saturated heterocycles. The highest BCUT2D eigenvalue weighted by Gasteiger charge is 2.17. The number of rotatable bonds is 7. The minimum absolute atomic E-state index is 0.0211. The van der Waals surface area contributed by atoms with Crippen LogP contribution in [0, 0.1) is 19.7 Å². The Balaban J connectivity index is 1.53. The summed E-state index contributed by atoms with van der Waals surface area (Å²) in [6, 6.07) is 14.2. The molecule has 0 aliphatic heterocycles. The highest BCUT2D eigenvalue weighted by atomic mass is 19.1. The summed E-state index contributed by atoms with van der Waals surface area (Å²) in [5, 5.41) is 2.50. The highest BCUT2D eigenvalue weighted by molar-refractivity contribution is 5.98. The molecule has 0 unspecified atom stereocenters. The van der Waals surface area contributed by atoms with Crippen LogP contribution in [-0.2, 0) is 4.79 Å². The molecule has 8 nitrogen and oxygen atoms in total. The first-order valence-electron chi connectivity index (χ1n) is 10.7. The molecule has 3 rings (SSSR count). The maximum atomic E-state index is 13.2. The summed E-state index contributed by atoms with van der Waals surface area (Å²) in [5.74, 6) is -1.24. The van der Waals surface area contributed by atoms with Gasteiger partial charge >= 0.3 is 0 Å². The molecule has 1 aromatic heterocycles. The number of carbonyl (C=O) groups is 3. The Bertz CT molecular complexity index is 1180. The number of carbonyl (C=O) groups excluding carboxylic acids is 3. The second-order valence-electron chi connectivity index (χ2n) is 7.97. The molecule has 3 aromatic rings. The monoisotopic (exact) mass is 466 g/mol. The van der Waals surface area contributed by atoms with Gasteiger partial charge in [0.25, 0.3) is 17.7 Å². The van der Waals surface area contributed by atoms with Gasteiger partial charge in [-0.05, 0) is 82.3 Å². The van der Waals surface area contributed by atoms with E-state index in [0.717, 1.165) is 5.69 Å². The fourth-order valence-electron chi connectivity index (χ4n) is 3.44. The van der Waals surface area contributed by atoms with Crippen LogP contribution in [0.4, 0.5) is 4.39 Å². The summed E-state index contributed by atoms with van der Waals surface area (Å²) in [5.41, 5.74) is 7.50. The number of benzene rings is 2. The van der Waals surface area contributed by atoms with Gasteiger partial charge in [0.15, 0.2) is 0 Å². The summed E-state index contributed by atoms with van der Waals surface area (Å²) in [6.07, 6.45) is 0.0211. The molecule has 1 heterocycles. The van der Waals surface area contributed by atoms with E-state index < -0.39 is 17.7 Å². The van der Waals surface area contributed by atoms with Gasteiger partial charge in [0.2, 0.25) is 0 Å². The molecule has 3 N–H and O–H groups in total. The second kappa shape index (κ2) is 10.7. The van der Waals surface area contributed by atoms with Crippen LogP contribution in [0.3, 0.4) is 0 Å². The number of hydrogen-bond donors (Lipinski definition) is 3. The molecule has 0 fully saturated rings. The van der Waals surface area contributed by atoms with Crippen molar-refractivity contribution in [3.63, 3.8) is 0 Å². The first kappa shape index (κ1) is 24.5. The first-order chi connectivity index (χ1) is 16.2. The van der Waals surface area contributed by atoms with E-state index in [1.165, 1.54) is 12.1 Å². The van der Waals surface area contributed by atoms with Gasteiger partial charge in [-0.25, -0.2) is 4.39 Å². The van der Waals surface area contributed by atoms with Crippen molar-refractivity contribution in [2.24, 2.45) is 0 Å². The van der Waals surface area contributed by atoms with Crippen molar-refractivity contribution >= 4 is 17.7 Å². The summed E-state index contributed by atoms with van der Waals surface area (Å²) in [6.45, 7) is 7.06. The lowest BCUT2D eigenvalue weighted by molar-refractivity contribution is -0.120. The topological polar surface area (TPSA) is 101 Å². The van der Waals surface area contributed by atoms with Crippen molar-refractivity contribution < 1.29 is 23.5 Å². The minimum atomic E-state index is -0.589. The molecule has 178 valence electrons. The van der Waals surface area contributed by atoms with E-state index in [0.29, 0.717) is 28.3 Å². The summed E-state index contributed by atoms with van der Waals surface area (Å²) >= 11 is 0. The zero-order valence-electron chi connectivity index (χ0n) is 19.4. The van der Waals surface area contributed by atoms with E-state index in [1.807, 2.05) is 25.3 Å². The Morgan fingerprint density at radius 3 is 2.21 bits per heavy atom. The lowest BCUT2D eigenvalue weighted by Gasteiger charge is -2.11. The quantitative estimate of drug-likeness (QED) is 0.466. The Morgan fingerprint density at radius 2 is 1.59 bits per heavy atom. The molecule has 2 aromatic carbocycles. The van der Waals surface area contributed by atoms with Crippen molar-refractivity contribution in [2.45, 2.75) is 33.8 Å². The van der Waals surface area contributed by atoms with E-state index >= 15 is 0 Å². The lowest BCUT2D eigenvalue weighted by atomic mass is 10.2. The average Bonchev–Trinajstić information content (AvgIpc) is 3.10. The number of aromatic nitrogens is 1. The first-order valence-corrected chi connectivity index (χ1v) is 10.7. The Labute approximate surface area is 197 Å². The van der Waals surface area contributed by atoms with Crippen LogP contribution in [0.5, 0.6) is 5.75 Å². The molecule has 9 heteroatoms. The molecular formula is C25H27FN4O4. The normalized spacial score (nSPS) is 10.6. The van der Waals surface area contributed by atoms with Crippen LogP contribution in [0.1, 0.15) is 46.0 Å². The fraction of sp³-hybridized carbons (Fsp3) is 0.240. The molecule has 0 radical (unpaired) electrons. The van der Waals surface area contributed by atoms with Gasteiger partial charge in [0.1, 0.15) is 11.6 Å². The molecule has 0 spiro atoms. The predicted octanol–water partition coefficient (Wildman–Crippen LogP) is 3.21. The number of aryl methyl sites for hydroxylation is 1. The maximum absolute atomic E-state index is 13.2. The van der Waals surface area contributed by atoms with Crippen LogP contribution in [-0.4, -0.2) is 34.9 Å². The average molecular weight is 467 g/mol. The number of ether oxygens (including phenoxy) is 1. The van der Waals surface area contributed by atoms with Crippen molar-refractivity contribution in [2.75, 3.05) is 6.54 Å². The number of nitrogens with zero attached hydrogens (tertiary/aromatic N) is 1. The second-order valence-corrected chi connectivity index (χ2v) is 7.97. The zero-order valence-corrected chi connectivity index (χ0v) is 19.4. The molecule has 0 aliphatic carbocycles. The minimum Gasteiger partial charge on any atom is -0.491 e. The molecule has 0 saturated carbocycles. The van der Waals surface area contributed by atoms with Gasteiger partial charge in [-0.15, -0.1) is 0 Å². The summed E-state index contributed by atoms with van der Waals surface area (Å²) in [7, 11) is 0. The SMILES string of the molecule is Cc1cc(C(=O)NNC(=O)CNC(=O)c2ccc(OC(C)C)cc2)c(C)n1-c1ccc(F)cc1. The molecule has 0 bridgehead atoms. The third-order valence-corrected chi connectivity index (χ3v) is 4.97. The number of hydrazine groups is 1. The Hall–Kier alpha value is -4.14. The van der Waals surface area contributed by atoms with Crippen LogP contribution in [0.25, 0.3) is 5.69 Å². The van der Waals surface area contributed by atoms with Crippen LogP contribution >= 0.6 is 0 Å². The van der Waals surface area contributed by atoms with Crippen molar-refractivity contribution in [1.82, 2.24) is 20.7 Å². The van der Waals surface area contributed by atoms with Gasteiger partial charge < -0.3 is 14.6 Å². The van der Waals surface area contributed by atoms with E-state index in [2.05, 4.69) is 16.2 Å². The van der Waals surface area contributed by atoms with E-state index in [-0.39, 0.29) is 18.5 Å². The van der Waals surface area contributed by atoms with E-state index in [1.54, 1.807) is 49.4 Å². The maximum Gasteiger partial charge on any atom is 0.271 e. The van der Waals surface area contributed by atoms with Crippen LogP contribution in [0.2, 0.25) is 0 Å². The smallest absolute Gasteiger partial charge is 0.271 e. The van der Waals surface area contributed by atoms with Gasteiger partial charge in [-0.1, -0.05) is 0 Å². The number of halogens is 1. The molecular weight excluding hydrogens is 439 g/mol. The number of amides is 3. The van der Waals surface area contributed by atoms with Crippen LogP contribution < -0.4 is 20.9 Å². The summed E-state index contributed by atoms with van der Waals surface area (Å²) in [4.78, 5) is 36.9. The number of nitrogens with one attached hydrogen (secondary N) is 3. The van der Waals surface area contributed by atoms with Crippen molar-refractivity contribution in [1.29, 1.82) is 0 Å². The lowest BCUT2D eigenvalue weighted by Crippen LogP contribution is -2.46. The molecule has 34 heavy (non-hydrogen) atoms. The predicted molar refractivity (Wildman–Crippen MR) is 125 cm³/mol. The van der Waals surface area contributed by atoms with Gasteiger partial charge in [0.05, 0.1) is 18.2 Å². The van der Waals surface area contributed by atoms with Gasteiger partial charge in [-0.3, -0.25) is 25.2 Å². The fourth-order valence-corrected chi connectivity index (χ4v) is 3.44. The van der Waals surface area contributed by atoms with Gasteiger partial charge in [0, 0.05) is 22.6 Å². The van der Waals surface area contributed by atoms with Crippen molar-refractivity contribution in [3.8, 4) is 11.4 Å². The number of hydrogen-bond acceptors (Lipinski definition) is 4. The third kappa shape index (κ3) is 6.00. The molecule has 0 atom stereocenters. The van der Waals surface area contributed by atoms with E-state index in [9.17, 15) is 18.8 Å². The zero-order chi connectivity index (χ0) is 24.8. The van der Waals surface area contributed by atoms with Crippen molar-refractivity contribution in [3.05, 3.63) is 82.9 Å². The highest BCUT2D eigenvalue weighted by Crippen LogP contribution is 2.21. The summed E-state index contributed by atoms with van der Waals surface area (Å²) < 4.78 is 20.6. The largest absolute Gasteiger partial charge is 0.491 e. The third-order valence-electron chi connectivity index (χ3n) is 4.97. The van der Waals surface area contributed by atoms with E-state index in [4.69, 9.17) is 4.74 Å². The van der Waals surface area contributed by atoms with Crippen LogP contribution in [0.15, 0.2) is 54.6 Å². The molecule has 3 amide bonds. The standard InChI is InChI=1S/C25H27FN4O4/c1-15(2)34-21-11-5-18(6-12-21)24(32)27-14-23(31)28-29-25(33)22-13-16(3)30(17(22)4)20-9-7-19(26)8-10-20/h5-13,15H,14H2,1-4H3,(H,27,32)(H,28,31)(H,29,33). The Morgan fingerprint density at radius 1 is 0.941 bits per heavy atom. The Kier molecular flexibility index (Phi) is 7.68. The molecule has 0 aliphatic rings. The van der Waals surface area contributed by atoms with Gasteiger partial charge in [-0.2, -0.15) is 0 Å².